The van der Waals surface area contributed by atoms with Crippen molar-refractivity contribution in [1.82, 2.24) is 14.6 Å². The van der Waals surface area contributed by atoms with E-state index >= 15 is 0 Å². The zero-order valence-corrected chi connectivity index (χ0v) is 10.7. The van der Waals surface area contributed by atoms with E-state index in [1.54, 1.807) is 0 Å². The van der Waals surface area contributed by atoms with E-state index < -0.39 is 0 Å². The van der Waals surface area contributed by atoms with Crippen LogP contribution in [0.4, 0.5) is 0 Å². The van der Waals surface area contributed by atoms with Crippen LogP contribution in [0.1, 0.15) is 51.9 Å². The Morgan fingerprint density at radius 2 is 1.94 bits per heavy atom. The van der Waals surface area contributed by atoms with Crippen molar-refractivity contribution >= 4 is 5.65 Å². The van der Waals surface area contributed by atoms with Crippen LogP contribution in [0, 0.1) is 0 Å². The average Bonchev–Trinajstić information content (AvgIpc) is 2.58. The van der Waals surface area contributed by atoms with Crippen molar-refractivity contribution in [3.8, 4) is 0 Å². The summed E-state index contributed by atoms with van der Waals surface area (Å²) in [6.07, 6.45) is 1.99. The van der Waals surface area contributed by atoms with E-state index in [0.29, 0.717) is 5.92 Å². The minimum atomic E-state index is 0.0751. The van der Waals surface area contributed by atoms with Crippen LogP contribution < -0.4 is 0 Å². The summed E-state index contributed by atoms with van der Waals surface area (Å²) in [6.45, 7) is 10.8. The molecule has 0 spiro atoms. The van der Waals surface area contributed by atoms with Gasteiger partial charge in [-0.15, -0.1) is 0 Å². The molecule has 2 rings (SSSR count). The Hall–Kier alpha value is -1.38. The first-order chi connectivity index (χ1) is 7.38. The van der Waals surface area contributed by atoms with Crippen molar-refractivity contribution in [1.29, 1.82) is 0 Å². The molecule has 0 atom stereocenters. The van der Waals surface area contributed by atoms with Gasteiger partial charge in [-0.25, -0.2) is 9.50 Å². The van der Waals surface area contributed by atoms with Gasteiger partial charge in [0.1, 0.15) is 0 Å². The number of hydrogen-bond acceptors (Lipinski definition) is 2. The lowest BCUT2D eigenvalue weighted by molar-refractivity contribution is 0.562. The van der Waals surface area contributed by atoms with Crippen molar-refractivity contribution in [3.05, 3.63) is 29.7 Å². The predicted molar refractivity (Wildman–Crippen MR) is 65.8 cm³/mol. The smallest absolute Gasteiger partial charge is 0.155 e. The molecule has 0 saturated heterocycles. The van der Waals surface area contributed by atoms with Crippen molar-refractivity contribution in [3.63, 3.8) is 0 Å². The summed E-state index contributed by atoms with van der Waals surface area (Å²) in [4.78, 5) is 4.61. The molecule has 0 unspecified atom stereocenters. The minimum absolute atomic E-state index is 0.0751. The number of aromatic nitrogens is 3. The van der Waals surface area contributed by atoms with Crippen molar-refractivity contribution < 1.29 is 0 Å². The molecule has 0 aliphatic rings. The molecule has 0 aliphatic carbocycles. The van der Waals surface area contributed by atoms with Crippen LogP contribution in [-0.2, 0) is 5.41 Å². The predicted octanol–water partition coefficient (Wildman–Crippen LogP) is 3.15. The summed E-state index contributed by atoms with van der Waals surface area (Å²) in [5.74, 6) is 0.456. The molecule has 3 heteroatoms. The first-order valence-corrected chi connectivity index (χ1v) is 5.75. The second kappa shape index (κ2) is 3.58. The molecule has 2 aromatic rings. The summed E-state index contributed by atoms with van der Waals surface area (Å²) >= 11 is 0. The monoisotopic (exact) mass is 217 g/mol. The Morgan fingerprint density at radius 1 is 1.25 bits per heavy atom. The highest BCUT2D eigenvalue weighted by Gasteiger charge is 2.18. The van der Waals surface area contributed by atoms with Crippen LogP contribution in [0.2, 0.25) is 0 Å². The molecule has 0 bridgehead atoms. The molecular formula is C13H19N3. The first-order valence-electron chi connectivity index (χ1n) is 5.75. The van der Waals surface area contributed by atoms with Crippen LogP contribution in [0.15, 0.2) is 18.3 Å². The van der Waals surface area contributed by atoms with Gasteiger partial charge in [0.15, 0.2) is 5.65 Å². The van der Waals surface area contributed by atoms with Gasteiger partial charge in [-0.3, -0.25) is 0 Å². The fourth-order valence-electron chi connectivity index (χ4n) is 1.58. The van der Waals surface area contributed by atoms with Gasteiger partial charge in [0.25, 0.3) is 0 Å². The lowest BCUT2D eigenvalue weighted by Gasteiger charge is -2.13. The highest BCUT2D eigenvalue weighted by Crippen LogP contribution is 2.22. The van der Waals surface area contributed by atoms with Crippen LogP contribution in [-0.4, -0.2) is 14.6 Å². The molecular weight excluding hydrogens is 198 g/mol. The van der Waals surface area contributed by atoms with Gasteiger partial charge in [0.05, 0.1) is 5.69 Å². The molecule has 16 heavy (non-hydrogen) atoms. The van der Waals surface area contributed by atoms with Gasteiger partial charge in [-0.2, -0.15) is 5.10 Å². The maximum atomic E-state index is 4.61. The van der Waals surface area contributed by atoms with Gasteiger partial charge in [-0.1, -0.05) is 34.6 Å². The zero-order valence-electron chi connectivity index (χ0n) is 10.7. The van der Waals surface area contributed by atoms with E-state index in [2.05, 4.69) is 50.8 Å². The first kappa shape index (κ1) is 11.1. The molecule has 3 nitrogen and oxygen atoms in total. The third kappa shape index (κ3) is 1.94. The number of hydrogen-bond donors (Lipinski definition) is 0. The summed E-state index contributed by atoms with van der Waals surface area (Å²) in [6, 6.07) is 4.11. The summed E-state index contributed by atoms with van der Waals surface area (Å²) < 4.78 is 1.85. The van der Waals surface area contributed by atoms with Crippen molar-refractivity contribution in [2.24, 2.45) is 0 Å². The quantitative estimate of drug-likeness (QED) is 0.734. The summed E-state index contributed by atoms with van der Waals surface area (Å²) in [5.41, 5.74) is 3.22. The standard InChI is InChI=1S/C13H19N3/c1-9(2)10-6-7-16-12(14-10)8-11(15-16)13(3,4)5/h6-9H,1-5H3. The maximum absolute atomic E-state index is 4.61. The highest BCUT2D eigenvalue weighted by molar-refractivity contribution is 5.41. The Morgan fingerprint density at radius 3 is 2.50 bits per heavy atom. The Kier molecular flexibility index (Phi) is 2.49. The van der Waals surface area contributed by atoms with E-state index in [9.17, 15) is 0 Å². The van der Waals surface area contributed by atoms with Crippen molar-refractivity contribution in [2.75, 3.05) is 0 Å². The van der Waals surface area contributed by atoms with E-state index in [-0.39, 0.29) is 5.41 Å². The van der Waals surface area contributed by atoms with Gasteiger partial charge >= 0.3 is 0 Å². The lowest BCUT2D eigenvalue weighted by atomic mass is 9.93. The van der Waals surface area contributed by atoms with Crippen LogP contribution >= 0.6 is 0 Å². The second-order valence-corrected chi connectivity index (χ2v) is 5.59. The van der Waals surface area contributed by atoms with Crippen LogP contribution in [0.25, 0.3) is 5.65 Å². The molecule has 2 aromatic heterocycles. The van der Waals surface area contributed by atoms with Gasteiger partial charge < -0.3 is 0 Å². The molecule has 0 radical (unpaired) electrons. The van der Waals surface area contributed by atoms with E-state index in [1.807, 2.05) is 16.8 Å². The average molecular weight is 217 g/mol. The molecule has 0 aliphatic heterocycles. The molecule has 0 amide bonds. The molecule has 0 fully saturated rings. The third-order valence-corrected chi connectivity index (χ3v) is 2.71. The Bertz CT molecular complexity index is 503. The number of rotatable bonds is 1. The fraction of sp³-hybridized carbons (Fsp3) is 0.538. The van der Waals surface area contributed by atoms with Crippen LogP contribution in [0.5, 0.6) is 0 Å². The molecule has 0 aromatic carbocycles. The fourth-order valence-corrected chi connectivity index (χ4v) is 1.58. The normalized spacial score (nSPS) is 12.6. The summed E-state index contributed by atoms with van der Waals surface area (Å²) in [7, 11) is 0. The van der Waals surface area contributed by atoms with Crippen molar-refractivity contribution in [2.45, 2.75) is 46.0 Å². The summed E-state index contributed by atoms with van der Waals surface area (Å²) in [5, 5.41) is 4.54. The SMILES string of the molecule is CC(C)c1ccn2nc(C(C)(C)C)cc2n1. The van der Waals surface area contributed by atoms with Crippen LogP contribution in [0.3, 0.4) is 0 Å². The number of fused-ring (bicyclic) bond motifs is 1. The Labute approximate surface area is 96.5 Å². The van der Waals surface area contributed by atoms with E-state index in [1.165, 1.54) is 0 Å². The lowest BCUT2D eigenvalue weighted by Crippen LogP contribution is -2.11. The van der Waals surface area contributed by atoms with E-state index in [0.717, 1.165) is 17.0 Å². The molecule has 86 valence electrons. The molecule has 0 N–H and O–H groups in total. The van der Waals surface area contributed by atoms with Gasteiger partial charge in [0.2, 0.25) is 0 Å². The molecule has 0 saturated carbocycles. The Balaban J connectivity index is 2.54. The molecule has 2 heterocycles. The largest absolute Gasteiger partial charge is 0.233 e. The minimum Gasteiger partial charge on any atom is -0.233 e. The van der Waals surface area contributed by atoms with Gasteiger partial charge in [-0.05, 0) is 12.0 Å². The zero-order chi connectivity index (χ0) is 11.9. The van der Waals surface area contributed by atoms with Gasteiger partial charge in [0, 0.05) is 23.4 Å². The maximum Gasteiger partial charge on any atom is 0.155 e. The second-order valence-electron chi connectivity index (χ2n) is 5.59. The highest BCUT2D eigenvalue weighted by atomic mass is 15.2. The topological polar surface area (TPSA) is 30.2 Å². The number of nitrogens with zero attached hydrogens (tertiary/aromatic N) is 3. The van der Waals surface area contributed by atoms with E-state index in [4.69, 9.17) is 0 Å². The third-order valence-electron chi connectivity index (χ3n) is 2.71.